The van der Waals surface area contributed by atoms with Crippen LogP contribution in [0.4, 0.5) is 5.69 Å². The molecule has 0 aliphatic rings. The molecule has 0 amide bonds. The zero-order chi connectivity index (χ0) is 11.4. The third kappa shape index (κ3) is 2.05. The van der Waals surface area contributed by atoms with E-state index in [9.17, 15) is 4.79 Å². The maximum atomic E-state index is 10.3. The number of aliphatic imine (C=N–C) groups is 1. The summed E-state index contributed by atoms with van der Waals surface area (Å²) in [6.45, 7) is 1.81. The summed E-state index contributed by atoms with van der Waals surface area (Å²) in [6.07, 6.45) is 3.31. The van der Waals surface area contributed by atoms with Crippen molar-refractivity contribution in [2.45, 2.75) is 6.92 Å². The second-order valence-electron chi connectivity index (χ2n) is 3.40. The van der Waals surface area contributed by atoms with Gasteiger partial charge in [-0.2, -0.15) is 4.99 Å². The lowest BCUT2D eigenvalue weighted by molar-refractivity contribution is 0.565. The molecule has 0 unspecified atom stereocenters. The van der Waals surface area contributed by atoms with Gasteiger partial charge < -0.3 is 0 Å². The van der Waals surface area contributed by atoms with Crippen LogP contribution in [-0.2, 0) is 4.79 Å². The Bertz CT molecular complexity index is 543. The van der Waals surface area contributed by atoms with Gasteiger partial charge in [-0.3, -0.25) is 4.98 Å². The van der Waals surface area contributed by atoms with Crippen molar-refractivity contribution < 1.29 is 4.79 Å². The molecule has 0 aliphatic carbocycles. The minimum absolute atomic E-state index is 0.566. The number of pyridine rings is 1. The van der Waals surface area contributed by atoms with E-state index in [1.165, 1.54) is 6.08 Å². The van der Waals surface area contributed by atoms with Crippen LogP contribution in [-0.4, -0.2) is 11.1 Å². The fraction of sp³-hybridized carbons (Fsp3) is 0.0769. The summed E-state index contributed by atoms with van der Waals surface area (Å²) < 4.78 is 0. The van der Waals surface area contributed by atoms with Crippen LogP contribution < -0.4 is 0 Å². The summed E-state index contributed by atoms with van der Waals surface area (Å²) in [5.74, 6) is 0. The van der Waals surface area contributed by atoms with Gasteiger partial charge in [0.05, 0.1) is 11.4 Å². The summed E-state index contributed by atoms with van der Waals surface area (Å²) in [7, 11) is 0. The first-order valence-electron chi connectivity index (χ1n) is 4.91. The molecule has 0 saturated carbocycles. The Labute approximate surface area is 93.5 Å². The molecule has 0 saturated heterocycles. The highest BCUT2D eigenvalue weighted by Crippen LogP contribution is 2.24. The molecule has 1 heterocycles. The summed E-state index contributed by atoms with van der Waals surface area (Å²) in [5.41, 5.74) is 3.29. The molecular formula is C13H10N2O. The normalized spacial score (nSPS) is 9.56. The molecule has 16 heavy (non-hydrogen) atoms. The van der Waals surface area contributed by atoms with Crippen LogP contribution in [0.5, 0.6) is 0 Å². The van der Waals surface area contributed by atoms with Crippen LogP contribution >= 0.6 is 0 Å². The molecule has 3 heteroatoms. The summed E-state index contributed by atoms with van der Waals surface area (Å²) in [6, 6.07) is 11.7. The first-order valence-corrected chi connectivity index (χ1v) is 4.91. The fourth-order valence-electron chi connectivity index (χ4n) is 1.47. The Morgan fingerprint density at radius 2 is 1.94 bits per heavy atom. The molecule has 0 atom stereocenters. The fourth-order valence-corrected chi connectivity index (χ4v) is 1.47. The number of rotatable bonds is 2. The maximum absolute atomic E-state index is 10.3. The summed E-state index contributed by atoms with van der Waals surface area (Å²) in [4.78, 5) is 18.1. The monoisotopic (exact) mass is 210 g/mol. The molecule has 78 valence electrons. The lowest BCUT2D eigenvalue weighted by atomic mass is 10.1. The molecule has 0 aliphatic heterocycles. The van der Waals surface area contributed by atoms with Crippen molar-refractivity contribution in [1.82, 2.24) is 4.98 Å². The van der Waals surface area contributed by atoms with Crippen LogP contribution in [0, 0.1) is 6.92 Å². The number of aryl methyl sites for hydroxylation is 1. The minimum Gasteiger partial charge on any atom is -0.259 e. The number of nitrogens with zero attached hydrogens (tertiary/aromatic N) is 2. The van der Waals surface area contributed by atoms with E-state index in [-0.39, 0.29) is 0 Å². The quantitative estimate of drug-likeness (QED) is 0.564. The zero-order valence-electron chi connectivity index (χ0n) is 8.84. The van der Waals surface area contributed by atoms with Crippen molar-refractivity contribution in [1.29, 1.82) is 0 Å². The van der Waals surface area contributed by atoms with E-state index in [2.05, 4.69) is 9.98 Å². The third-order valence-electron chi connectivity index (χ3n) is 2.33. The molecular weight excluding hydrogens is 200 g/mol. The third-order valence-corrected chi connectivity index (χ3v) is 2.33. The second-order valence-corrected chi connectivity index (χ2v) is 3.40. The van der Waals surface area contributed by atoms with Gasteiger partial charge in [-0.15, -0.1) is 0 Å². The highest BCUT2D eigenvalue weighted by molar-refractivity contribution is 5.67. The van der Waals surface area contributed by atoms with Gasteiger partial charge in [-0.05, 0) is 18.6 Å². The standard InChI is InChI=1S/C13H10N2O/c1-10-13(15-9-16)7-12(8-14-10)11-5-3-2-4-6-11/h2-8H,1H3. The van der Waals surface area contributed by atoms with Crippen LogP contribution in [0.2, 0.25) is 0 Å². The van der Waals surface area contributed by atoms with Crippen LogP contribution in [0.25, 0.3) is 11.1 Å². The topological polar surface area (TPSA) is 42.3 Å². The Morgan fingerprint density at radius 1 is 1.19 bits per heavy atom. The smallest absolute Gasteiger partial charge is 0.240 e. The van der Waals surface area contributed by atoms with E-state index in [1.807, 2.05) is 43.3 Å². The predicted octanol–water partition coefficient (Wildman–Crippen LogP) is 3.02. The minimum atomic E-state index is 0.566. The molecule has 0 radical (unpaired) electrons. The van der Waals surface area contributed by atoms with Gasteiger partial charge in [0.15, 0.2) is 0 Å². The number of hydrogen-bond donors (Lipinski definition) is 0. The zero-order valence-corrected chi connectivity index (χ0v) is 8.84. The Hall–Kier alpha value is -2.25. The van der Waals surface area contributed by atoms with Crippen molar-refractivity contribution in [3.05, 3.63) is 48.3 Å². The van der Waals surface area contributed by atoms with Crippen LogP contribution in [0.15, 0.2) is 47.6 Å². The molecule has 2 aromatic rings. The van der Waals surface area contributed by atoms with E-state index in [1.54, 1.807) is 6.20 Å². The van der Waals surface area contributed by atoms with E-state index < -0.39 is 0 Å². The van der Waals surface area contributed by atoms with E-state index >= 15 is 0 Å². The molecule has 1 aromatic carbocycles. The van der Waals surface area contributed by atoms with Crippen molar-refractivity contribution >= 4 is 11.8 Å². The summed E-state index contributed by atoms with van der Waals surface area (Å²) >= 11 is 0. The van der Waals surface area contributed by atoms with Gasteiger partial charge in [-0.1, -0.05) is 30.3 Å². The average Bonchev–Trinajstić information content (AvgIpc) is 2.33. The molecule has 0 bridgehead atoms. The Morgan fingerprint density at radius 3 is 2.62 bits per heavy atom. The highest BCUT2D eigenvalue weighted by Gasteiger charge is 2.02. The summed E-state index contributed by atoms with van der Waals surface area (Å²) in [5, 5.41) is 0. The molecule has 1 aromatic heterocycles. The van der Waals surface area contributed by atoms with Gasteiger partial charge in [0.2, 0.25) is 6.08 Å². The largest absolute Gasteiger partial charge is 0.259 e. The molecule has 2 rings (SSSR count). The van der Waals surface area contributed by atoms with Crippen molar-refractivity contribution in [2.75, 3.05) is 0 Å². The first kappa shape index (κ1) is 10.3. The number of hydrogen-bond acceptors (Lipinski definition) is 3. The molecule has 0 fully saturated rings. The number of carbonyl (C=O) groups excluding carboxylic acids is 1. The SMILES string of the molecule is Cc1ncc(-c2ccccc2)cc1N=C=O. The van der Waals surface area contributed by atoms with Gasteiger partial charge in [-0.25, -0.2) is 4.79 Å². The van der Waals surface area contributed by atoms with Gasteiger partial charge in [0.25, 0.3) is 0 Å². The van der Waals surface area contributed by atoms with Crippen molar-refractivity contribution in [2.24, 2.45) is 4.99 Å². The van der Waals surface area contributed by atoms with E-state index in [0.29, 0.717) is 5.69 Å². The second kappa shape index (κ2) is 4.51. The molecule has 0 spiro atoms. The van der Waals surface area contributed by atoms with Crippen molar-refractivity contribution in [3.63, 3.8) is 0 Å². The lowest BCUT2D eigenvalue weighted by Gasteiger charge is -2.03. The van der Waals surface area contributed by atoms with Crippen LogP contribution in [0.3, 0.4) is 0 Å². The average molecular weight is 210 g/mol. The van der Waals surface area contributed by atoms with Crippen LogP contribution in [0.1, 0.15) is 5.69 Å². The number of benzene rings is 1. The maximum Gasteiger partial charge on any atom is 0.240 e. The Kier molecular flexibility index (Phi) is 2.90. The lowest BCUT2D eigenvalue weighted by Crippen LogP contribution is -1.84. The predicted molar refractivity (Wildman–Crippen MR) is 62.2 cm³/mol. The first-order chi connectivity index (χ1) is 7.81. The van der Waals surface area contributed by atoms with E-state index in [4.69, 9.17) is 0 Å². The number of aromatic nitrogens is 1. The number of isocyanates is 1. The van der Waals surface area contributed by atoms with Gasteiger partial charge in [0, 0.05) is 11.8 Å². The van der Waals surface area contributed by atoms with Gasteiger partial charge >= 0.3 is 0 Å². The van der Waals surface area contributed by atoms with E-state index in [0.717, 1.165) is 16.8 Å². The highest BCUT2D eigenvalue weighted by atomic mass is 16.1. The van der Waals surface area contributed by atoms with Gasteiger partial charge in [0.1, 0.15) is 0 Å². The molecule has 0 N–H and O–H groups in total. The van der Waals surface area contributed by atoms with Crippen molar-refractivity contribution in [3.8, 4) is 11.1 Å². The molecule has 3 nitrogen and oxygen atoms in total. The Balaban J connectivity index is 2.52.